The first-order chi connectivity index (χ1) is 12.6. The van der Waals surface area contributed by atoms with Gasteiger partial charge in [0.15, 0.2) is 0 Å². The molecular weight excluding hydrogens is 348 g/mol. The van der Waals surface area contributed by atoms with Gasteiger partial charge in [0.05, 0.1) is 12.2 Å². The van der Waals surface area contributed by atoms with Gasteiger partial charge in [0.2, 0.25) is 0 Å². The number of benzene rings is 1. The van der Waals surface area contributed by atoms with Crippen molar-refractivity contribution in [2.45, 2.75) is 56.5 Å². The number of rotatable bonds is 10. The first kappa shape index (κ1) is 19.3. The maximum atomic E-state index is 12.7. The number of aliphatic carboxylic acids is 1. The van der Waals surface area contributed by atoms with Crippen LogP contribution in [0.2, 0.25) is 0 Å². The van der Waals surface area contributed by atoms with E-state index in [4.69, 9.17) is 9.84 Å². The number of carbonyl (C=O) groups is 1. The highest BCUT2D eigenvalue weighted by molar-refractivity contribution is 7.84. The summed E-state index contributed by atoms with van der Waals surface area (Å²) in [6.45, 7) is 0. The molecule has 1 unspecified atom stereocenters. The Morgan fingerprint density at radius 1 is 1.15 bits per heavy atom. The van der Waals surface area contributed by atoms with Crippen molar-refractivity contribution in [2.24, 2.45) is 11.8 Å². The lowest BCUT2D eigenvalue weighted by Gasteiger charge is -2.26. The van der Waals surface area contributed by atoms with E-state index in [0.717, 1.165) is 31.2 Å². The van der Waals surface area contributed by atoms with Crippen LogP contribution in [0.3, 0.4) is 0 Å². The van der Waals surface area contributed by atoms with E-state index in [1.807, 2.05) is 30.3 Å². The van der Waals surface area contributed by atoms with E-state index in [0.29, 0.717) is 35.9 Å². The molecule has 4 nitrogen and oxygen atoms in total. The predicted molar refractivity (Wildman–Crippen MR) is 103 cm³/mol. The fourth-order valence-electron chi connectivity index (χ4n) is 4.20. The number of carboxylic acids is 1. The zero-order valence-electron chi connectivity index (χ0n) is 15.1. The van der Waals surface area contributed by atoms with Gasteiger partial charge in [-0.25, -0.2) is 0 Å². The van der Waals surface area contributed by atoms with Crippen LogP contribution in [-0.4, -0.2) is 33.2 Å². The van der Waals surface area contributed by atoms with Crippen LogP contribution in [0, 0.1) is 11.8 Å². The van der Waals surface area contributed by atoms with Crippen molar-refractivity contribution in [1.82, 2.24) is 0 Å². The zero-order chi connectivity index (χ0) is 18.4. The Kier molecular flexibility index (Phi) is 7.03. The third kappa shape index (κ3) is 5.27. The van der Waals surface area contributed by atoms with Gasteiger partial charge in [-0.15, -0.1) is 0 Å². The standard InChI is InChI=1S/C21H28O4S/c22-21(23)11-7-2-1-6-10-17-18(20-13-12-19(17)25-20)15-26(24)14-16-8-4-3-5-9-16/h1,3-6,8-9,17-20H,2,7,10-15H2,(H,22,23)/t17-,18-,19-,20+,26?/m1/s1. The van der Waals surface area contributed by atoms with Gasteiger partial charge in [0.1, 0.15) is 0 Å². The van der Waals surface area contributed by atoms with E-state index >= 15 is 0 Å². The van der Waals surface area contributed by atoms with Crippen molar-refractivity contribution in [2.75, 3.05) is 5.75 Å². The molecule has 0 spiro atoms. The lowest BCUT2D eigenvalue weighted by Crippen LogP contribution is -2.31. The van der Waals surface area contributed by atoms with E-state index in [-0.39, 0.29) is 12.5 Å². The Hall–Kier alpha value is -1.46. The van der Waals surface area contributed by atoms with Crippen molar-refractivity contribution >= 4 is 16.8 Å². The SMILES string of the molecule is O=C(O)CCCC=CC[C@@H]1[C@@H](CS(=O)Cc2ccccc2)[C@@H]2CC[C@H]1O2. The molecule has 0 aromatic heterocycles. The maximum Gasteiger partial charge on any atom is 0.303 e. The van der Waals surface area contributed by atoms with Gasteiger partial charge in [0, 0.05) is 34.6 Å². The van der Waals surface area contributed by atoms with Crippen molar-refractivity contribution in [1.29, 1.82) is 0 Å². The molecule has 0 radical (unpaired) electrons. The number of allylic oxidation sites excluding steroid dienone is 2. The summed E-state index contributed by atoms with van der Waals surface area (Å²) in [5, 5.41) is 8.67. The third-order valence-corrected chi connectivity index (χ3v) is 6.89. The molecule has 1 aromatic carbocycles. The molecule has 2 saturated heterocycles. The summed E-state index contributed by atoms with van der Waals surface area (Å²) in [7, 11) is -0.868. The molecule has 3 rings (SSSR count). The summed E-state index contributed by atoms with van der Waals surface area (Å²) in [6, 6.07) is 10.0. The van der Waals surface area contributed by atoms with Crippen molar-refractivity contribution < 1.29 is 18.8 Å². The Labute approximate surface area is 158 Å². The molecule has 2 aliphatic heterocycles. The van der Waals surface area contributed by atoms with Crippen molar-refractivity contribution in [3.05, 3.63) is 48.0 Å². The number of hydrogen-bond donors (Lipinski definition) is 1. The molecule has 5 atom stereocenters. The second-order valence-electron chi connectivity index (χ2n) is 7.35. The van der Waals surface area contributed by atoms with Gasteiger partial charge in [0.25, 0.3) is 0 Å². The van der Waals surface area contributed by atoms with E-state index in [2.05, 4.69) is 12.2 Å². The summed E-state index contributed by atoms with van der Waals surface area (Å²) in [5.41, 5.74) is 1.13. The second-order valence-corrected chi connectivity index (χ2v) is 8.85. The smallest absolute Gasteiger partial charge is 0.303 e. The second kappa shape index (κ2) is 9.47. The Bertz CT molecular complexity index is 643. The molecule has 0 aliphatic carbocycles. The Morgan fingerprint density at radius 3 is 2.62 bits per heavy atom. The summed E-state index contributed by atoms with van der Waals surface area (Å²) < 4.78 is 18.8. The molecule has 1 aromatic rings. The maximum absolute atomic E-state index is 12.7. The minimum atomic E-state index is -0.868. The fraction of sp³-hybridized carbons (Fsp3) is 0.571. The monoisotopic (exact) mass is 376 g/mol. The van der Waals surface area contributed by atoms with E-state index in [1.54, 1.807) is 0 Å². The first-order valence-electron chi connectivity index (χ1n) is 9.54. The van der Waals surface area contributed by atoms with Crippen LogP contribution in [0.1, 0.15) is 44.1 Å². The van der Waals surface area contributed by atoms with Gasteiger partial charge in [-0.2, -0.15) is 0 Å². The summed E-state index contributed by atoms with van der Waals surface area (Å²) in [6.07, 6.45) is 9.70. The molecule has 2 aliphatic rings. The van der Waals surface area contributed by atoms with Gasteiger partial charge in [-0.05, 0) is 43.6 Å². The molecule has 0 amide bonds. The van der Waals surface area contributed by atoms with Crippen LogP contribution in [0.4, 0.5) is 0 Å². The normalized spacial score (nSPS) is 28.6. The van der Waals surface area contributed by atoms with E-state index < -0.39 is 16.8 Å². The number of fused-ring (bicyclic) bond motifs is 2. The van der Waals surface area contributed by atoms with Crippen LogP contribution in [-0.2, 0) is 26.1 Å². The highest BCUT2D eigenvalue weighted by Crippen LogP contribution is 2.45. The molecule has 2 fully saturated rings. The number of carboxylic acid groups (broad SMARTS) is 1. The third-order valence-electron chi connectivity index (χ3n) is 5.48. The van der Waals surface area contributed by atoms with Gasteiger partial charge in [-0.1, -0.05) is 42.5 Å². The van der Waals surface area contributed by atoms with Gasteiger partial charge >= 0.3 is 5.97 Å². The molecule has 26 heavy (non-hydrogen) atoms. The largest absolute Gasteiger partial charge is 0.481 e. The average molecular weight is 377 g/mol. The Morgan fingerprint density at radius 2 is 1.88 bits per heavy atom. The highest BCUT2D eigenvalue weighted by Gasteiger charge is 2.48. The van der Waals surface area contributed by atoms with E-state index in [9.17, 15) is 9.00 Å². The molecule has 5 heteroatoms. The molecular formula is C21H28O4S. The topological polar surface area (TPSA) is 63.6 Å². The molecule has 142 valence electrons. The zero-order valence-corrected chi connectivity index (χ0v) is 15.9. The highest BCUT2D eigenvalue weighted by atomic mass is 32.2. The number of ether oxygens (including phenoxy) is 1. The minimum absolute atomic E-state index is 0.225. The van der Waals surface area contributed by atoms with Crippen LogP contribution in [0.25, 0.3) is 0 Å². The predicted octanol–water partition coefficient (Wildman–Crippen LogP) is 3.93. The minimum Gasteiger partial charge on any atom is -0.481 e. The van der Waals surface area contributed by atoms with Crippen LogP contribution >= 0.6 is 0 Å². The van der Waals surface area contributed by atoms with Crippen LogP contribution in [0.15, 0.2) is 42.5 Å². The molecule has 2 heterocycles. The summed E-state index contributed by atoms with van der Waals surface area (Å²) in [5.74, 6) is 1.42. The lowest BCUT2D eigenvalue weighted by atomic mass is 9.78. The van der Waals surface area contributed by atoms with Crippen molar-refractivity contribution in [3.63, 3.8) is 0 Å². The molecule has 2 bridgehead atoms. The lowest BCUT2D eigenvalue weighted by molar-refractivity contribution is -0.137. The van der Waals surface area contributed by atoms with E-state index in [1.165, 1.54) is 0 Å². The molecule has 1 N–H and O–H groups in total. The summed E-state index contributed by atoms with van der Waals surface area (Å²) >= 11 is 0. The van der Waals surface area contributed by atoms with Crippen molar-refractivity contribution in [3.8, 4) is 0 Å². The quantitative estimate of drug-likeness (QED) is 0.496. The Balaban J connectivity index is 1.49. The van der Waals surface area contributed by atoms with Crippen LogP contribution in [0.5, 0.6) is 0 Å². The average Bonchev–Trinajstić information content (AvgIpc) is 3.21. The fourth-order valence-corrected chi connectivity index (χ4v) is 5.78. The first-order valence-corrected chi connectivity index (χ1v) is 11.0. The van der Waals surface area contributed by atoms with Gasteiger partial charge < -0.3 is 9.84 Å². The van der Waals surface area contributed by atoms with Crippen LogP contribution < -0.4 is 0 Å². The van der Waals surface area contributed by atoms with Gasteiger partial charge in [-0.3, -0.25) is 9.00 Å². The number of hydrogen-bond acceptors (Lipinski definition) is 3. The number of unbranched alkanes of at least 4 members (excludes halogenated alkanes) is 1. The summed E-state index contributed by atoms with van der Waals surface area (Å²) in [4.78, 5) is 10.5. The molecule has 0 saturated carbocycles.